The first kappa shape index (κ1) is 15.1. The Morgan fingerprint density at radius 1 is 1.20 bits per heavy atom. The van der Waals surface area contributed by atoms with E-state index in [2.05, 4.69) is 12.2 Å². The van der Waals surface area contributed by atoms with Crippen molar-refractivity contribution in [2.45, 2.75) is 44.2 Å². The number of rotatable bonds is 7. The largest absolute Gasteiger partial charge is 0.497 e. The van der Waals surface area contributed by atoms with Crippen LogP contribution in [0.3, 0.4) is 0 Å². The summed E-state index contributed by atoms with van der Waals surface area (Å²) in [6.07, 6.45) is 4.46. The number of benzene rings is 1. The maximum Gasteiger partial charge on any atom is 0.119 e. The zero-order chi connectivity index (χ0) is 14.4. The summed E-state index contributed by atoms with van der Waals surface area (Å²) in [7, 11) is 1.63. The molecule has 1 atom stereocenters. The second-order valence-corrected chi connectivity index (χ2v) is 5.79. The summed E-state index contributed by atoms with van der Waals surface area (Å²) in [5, 5.41) is 13.4. The van der Waals surface area contributed by atoms with E-state index in [-0.39, 0.29) is 5.54 Å². The highest BCUT2D eigenvalue weighted by Gasteiger charge is 2.28. The summed E-state index contributed by atoms with van der Waals surface area (Å²) in [5.41, 5.74) is 0.196. The van der Waals surface area contributed by atoms with Gasteiger partial charge in [-0.05, 0) is 44.0 Å². The fraction of sp³-hybridized carbons (Fsp3) is 0.625. The standard InChI is InChI=1S/C16H25NO3/c1-16(9-3-4-10-16)17-11-13(18)12-20-15-7-5-14(19-2)6-8-15/h5-8,13,17-18H,3-4,9-12H2,1-2H3. The Labute approximate surface area is 121 Å². The molecule has 1 fully saturated rings. The van der Waals surface area contributed by atoms with Crippen molar-refractivity contribution in [2.75, 3.05) is 20.3 Å². The fourth-order valence-corrected chi connectivity index (χ4v) is 2.62. The third-order valence-electron chi connectivity index (χ3n) is 3.97. The van der Waals surface area contributed by atoms with E-state index >= 15 is 0 Å². The Balaban J connectivity index is 1.70. The zero-order valence-corrected chi connectivity index (χ0v) is 12.4. The van der Waals surface area contributed by atoms with Gasteiger partial charge < -0.3 is 19.9 Å². The van der Waals surface area contributed by atoms with Crippen LogP contribution in [0.25, 0.3) is 0 Å². The molecule has 0 amide bonds. The molecular weight excluding hydrogens is 254 g/mol. The topological polar surface area (TPSA) is 50.7 Å². The molecule has 1 unspecified atom stereocenters. The Morgan fingerprint density at radius 2 is 1.80 bits per heavy atom. The molecule has 20 heavy (non-hydrogen) atoms. The van der Waals surface area contributed by atoms with E-state index in [9.17, 15) is 5.11 Å². The Bertz CT molecular complexity index is 399. The molecule has 0 spiro atoms. The van der Waals surface area contributed by atoms with Crippen molar-refractivity contribution < 1.29 is 14.6 Å². The maximum atomic E-state index is 9.97. The summed E-state index contributed by atoms with van der Waals surface area (Å²) in [6, 6.07) is 7.38. The van der Waals surface area contributed by atoms with E-state index in [1.54, 1.807) is 7.11 Å². The highest BCUT2D eigenvalue weighted by molar-refractivity contribution is 5.31. The van der Waals surface area contributed by atoms with Crippen LogP contribution in [0.4, 0.5) is 0 Å². The highest BCUT2D eigenvalue weighted by atomic mass is 16.5. The number of β-amino-alcohol motifs (C(OH)–C–C–N with tert-alkyl or cyclic N) is 1. The van der Waals surface area contributed by atoms with Crippen LogP contribution in [0.5, 0.6) is 11.5 Å². The molecule has 0 aromatic heterocycles. The third-order valence-corrected chi connectivity index (χ3v) is 3.97. The Kier molecular flexibility index (Phi) is 5.26. The first-order valence-electron chi connectivity index (χ1n) is 7.31. The van der Waals surface area contributed by atoms with Crippen LogP contribution < -0.4 is 14.8 Å². The quantitative estimate of drug-likeness (QED) is 0.804. The van der Waals surface area contributed by atoms with E-state index in [0.717, 1.165) is 11.5 Å². The van der Waals surface area contributed by atoms with E-state index in [1.165, 1.54) is 25.7 Å². The average Bonchev–Trinajstić information content (AvgIpc) is 2.91. The van der Waals surface area contributed by atoms with Gasteiger partial charge in [0.05, 0.1) is 7.11 Å². The number of aliphatic hydroxyl groups is 1. The number of nitrogens with one attached hydrogen (secondary N) is 1. The van der Waals surface area contributed by atoms with Crippen molar-refractivity contribution >= 4 is 0 Å². The molecule has 1 saturated carbocycles. The predicted octanol–water partition coefficient (Wildman–Crippen LogP) is 2.36. The molecule has 2 N–H and O–H groups in total. The van der Waals surface area contributed by atoms with E-state index in [1.807, 2.05) is 24.3 Å². The van der Waals surface area contributed by atoms with E-state index in [4.69, 9.17) is 9.47 Å². The minimum atomic E-state index is -0.491. The predicted molar refractivity (Wildman–Crippen MR) is 79.4 cm³/mol. The molecule has 4 nitrogen and oxygen atoms in total. The van der Waals surface area contributed by atoms with Crippen LogP contribution >= 0.6 is 0 Å². The summed E-state index contributed by atoms with van der Waals surface area (Å²) < 4.78 is 10.7. The van der Waals surface area contributed by atoms with Crippen molar-refractivity contribution in [3.05, 3.63) is 24.3 Å². The van der Waals surface area contributed by atoms with Gasteiger partial charge in [-0.25, -0.2) is 0 Å². The van der Waals surface area contributed by atoms with Gasteiger partial charge >= 0.3 is 0 Å². The van der Waals surface area contributed by atoms with Crippen LogP contribution in [-0.4, -0.2) is 37.0 Å². The van der Waals surface area contributed by atoms with Crippen molar-refractivity contribution in [3.8, 4) is 11.5 Å². The lowest BCUT2D eigenvalue weighted by atomic mass is 10.0. The molecule has 1 aromatic rings. The molecule has 1 aliphatic rings. The van der Waals surface area contributed by atoms with Crippen LogP contribution in [0.15, 0.2) is 24.3 Å². The lowest BCUT2D eigenvalue weighted by Gasteiger charge is -2.27. The number of aliphatic hydroxyl groups excluding tert-OH is 1. The van der Waals surface area contributed by atoms with Crippen LogP contribution in [0, 0.1) is 0 Å². The molecule has 112 valence electrons. The van der Waals surface area contributed by atoms with Crippen LogP contribution in [0.2, 0.25) is 0 Å². The Morgan fingerprint density at radius 3 is 2.40 bits per heavy atom. The third kappa shape index (κ3) is 4.39. The smallest absolute Gasteiger partial charge is 0.119 e. The molecule has 2 rings (SSSR count). The molecule has 4 heteroatoms. The normalized spacial score (nSPS) is 18.8. The second-order valence-electron chi connectivity index (χ2n) is 5.79. The van der Waals surface area contributed by atoms with Gasteiger partial charge in [-0.15, -0.1) is 0 Å². The van der Waals surface area contributed by atoms with Gasteiger partial charge in [-0.3, -0.25) is 0 Å². The highest BCUT2D eigenvalue weighted by Crippen LogP contribution is 2.28. The molecule has 0 aliphatic heterocycles. The molecule has 1 aromatic carbocycles. The summed E-state index contributed by atoms with van der Waals surface area (Å²) in [5.74, 6) is 1.55. The molecular formula is C16H25NO3. The van der Waals surface area contributed by atoms with Crippen molar-refractivity contribution in [3.63, 3.8) is 0 Å². The van der Waals surface area contributed by atoms with Gasteiger partial charge in [0, 0.05) is 12.1 Å². The van der Waals surface area contributed by atoms with Gasteiger partial charge in [0.2, 0.25) is 0 Å². The molecule has 0 bridgehead atoms. The average molecular weight is 279 g/mol. The summed E-state index contributed by atoms with van der Waals surface area (Å²) >= 11 is 0. The van der Waals surface area contributed by atoms with Crippen molar-refractivity contribution in [2.24, 2.45) is 0 Å². The zero-order valence-electron chi connectivity index (χ0n) is 12.4. The van der Waals surface area contributed by atoms with Crippen molar-refractivity contribution in [1.29, 1.82) is 0 Å². The molecule has 1 aliphatic carbocycles. The number of ether oxygens (including phenoxy) is 2. The van der Waals surface area contributed by atoms with Gasteiger partial charge in [0.15, 0.2) is 0 Å². The Hall–Kier alpha value is -1.26. The molecule has 0 saturated heterocycles. The second kappa shape index (κ2) is 6.95. The minimum Gasteiger partial charge on any atom is -0.497 e. The number of hydrogen-bond acceptors (Lipinski definition) is 4. The lowest BCUT2D eigenvalue weighted by Crippen LogP contribution is -2.44. The van der Waals surface area contributed by atoms with Crippen molar-refractivity contribution in [1.82, 2.24) is 5.32 Å². The first-order valence-corrected chi connectivity index (χ1v) is 7.31. The van der Waals surface area contributed by atoms with Gasteiger partial charge in [0.1, 0.15) is 24.2 Å². The minimum absolute atomic E-state index is 0.196. The van der Waals surface area contributed by atoms with Crippen LogP contribution in [-0.2, 0) is 0 Å². The number of hydrogen-bond donors (Lipinski definition) is 2. The maximum absolute atomic E-state index is 9.97. The monoisotopic (exact) mass is 279 g/mol. The van der Waals surface area contributed by atoms with Gasteiger partial charge in [-0.1, -0.05) is 12.8 Å². The summed E-state index contributed by atoms with van der Waals surface area (Å²) in [4.78, 5) is 0. The fourth-order valence-electron chi connectivity index (χ4n) is 2.62. The number of methoxy groups -OCH3 is 1. The SMILES string of the molecule is COc1ccc(OCC(O)CNC2(C)CCCC2)cc1. The van der Waals surface area contributed by atoms with E-state index in [0.29, 0.717) is 13.2 Å². The molecule has 0 heterocycles. The van der Waals surface area contributed by atoms with Gasteiger partial charge in [0.25, 0.3) is 0 Å². The first-order chi connectivity index (χ1) is 9.61. The lowest BCUT2D eigenvalue weighted by molar-refractivity contribution is 0.0979. The van der Waals surface area contributed by atoms with E-state index < -0.39 is 6.10 Å². The van der Waals surface area contributed by atoms with Crippen LogP contribution in [0.1, 0.15) is 32.6 Å². The van der Waals surface area contributed by atoms with Gasteiger partial charge in [-0.2, -0.15) is 0 Å². The molecule has 0 radical (unpaired) electrons. The summed E-state index contributed by atoms with van der Waals surface area (Å²) in [6.45, 7) is 3.11.